The zero-order valence-electron chi connectivity index (χ0n) is 13.3. The van der Waals surface area contributed by atoms with Crippen molar-refractivity contribution in [1.82, 2.24) is 4.31 Å². The highest BCUT2D eigenvalue weighted by Crippen LogP contribution is 2.59. The number of ether oxygens (including phenoxy) is 1. The predicted octanol–water partition coefficient (Wildman–Crippen LogP) is 2.03. The van der Waals surface area contributed by atoms with Crippen molar-refractivity contribution in [3.63, 3.8) is 0 Å². The zero-order valence-corrected chi connectivity index (χ0v) is 14.1. The van der Waals surface area contributed by atoms with Crippen LogP contribution in [0.5, 0.6) is 5.75 Å². The summed E-state index contributed by atoms with van der Waals surface area (Å²) in [5.41, 5.74) is -0.141. The molecule has 1 atom stereocenters. The summed E-state index contributed by atoms with van der Waals surface area (Å²) in [5.74, 6) is 2.97. The Morgan fingerprint density at radius 2 is 2.08 bits per heavy atom. The predicted molar refractivity (Wildman–Crippen MR) is 87.0 cm³/mol. The lowest BCUT2D eigenvalue weighted by atomic mass is 9.92. The Hall–Kier alpha value is -2.11. The van der Waals surface area contributed by atoms with E-state index >= 15 is 0 Å². The fourth-order valence-corrected chi connectivity index (χ4v) is 4.88. The summed E-state index contributed by atoms with van der Waals surface area (Å²) in [6, 6.07) is 3.62. The summed E-state index contributed by atoms with van der Waals surface area (Å²) in [4.78, 5) is 10.3. The second kappa shape index (κ2) is 5.76. The highest BCUT2D eigenvalue weighted by Gasteiger charge is 2.55. The van der Waals surface area contributed by atoms with Crippen molar-refractivity contribution in [3.05, 3.63) is 28.3 Å². The molecule has 2 fully saturated rings. The van der Waals surface area contributed by atoms with Gasteiger partial charge in [-0.05, 0) is 30.7 Å². The second-order valence-electron chi connectivity index (χ2n) is 6.28. The summed E-state index contributed by atoms with van der Waals surface area (Å²) < 4.78 is 31.9. The number of hydrogen-bond acceptors (Lipinski definition) is 5. The molecule has 0 N–H and O–H groups in total. The number of hydrogen-bond donors (Lipinski definition) is 0. The number of methoxy groups -OCH3 is 1. The van der Waals surface area contributed by atoms with E-state index in [1.54, 1.807) is 0 Å². The van der Waals surface area contributed by atoms with Crippen LogP contribution in [0, 0.1) is 33.8 Å². The zero-order chi connectivity index (χ0) is 17.5. The highest BCUT2D eigenvalue weighted by atomic mass is 32.2. The van der Waals surface area contributed by atoms with Gasteiger partial charge in [0.2, 0.25) is 10.0 Å². The molecule has 0 aromatic heterocycles. The van der Waals surface area contributed by atoms with E-state index in [1.807, 2.05) is 0 Å². The van der Waals surface area contributed by atoms with Crippen molar-refractivity contribution in [2.75, 3.05) is 20.2 Å². The van der Waals surface area contributed by atoms with Crippen LogP contribution in [0.4, 0.5) is 5.69 Å². The van der Waals surface area contributed by atoms with E-state index < -0.39 is 14.9 Å². The van der Waals surface area contributed by atoms with Gasteiger partial charge < -0.3 is 4.74 Å². The van der Waals surface area contributed by atoms with Gasteiger partial charge in [-0.2, -0.15) is 4.31 Å². The fourth-order valence-electron chi connectivity index (χ4n) is 3.43. The van der Waals surface area contributed by atoms with Crippen LogP contribution < -0.4 is 4.74 Å². The van der Waals surface area contributed by atoms with Crippen LogP contribution in [0.25, 0.3) is 0 Å². The van der Waals surface area contributed by atoms with Gasteiger partial charge in [-0.3, -0.25) is 10.1 Å². The Bertz CT molecular complexity index is 819. The first-order valence-corrected chi connectivity index (χ1v) is 9.07. The van der Waals surface area contributed by atoms with Crippen LogP contribution in [0.3, 0.4) is 0 Å². The van der Waals surface area contributed by atoms with Crippen LogP contribution in [0.15, 0.2) is 23.1 Å². The Kier molecular flexibility index (Phi) is 4.01. The standard InChI is InChI=1S/C16H18N2O5S/c1-3-12-11-16(12)6-8-17(9-7-16)24(21,22)13-4-5-14(18(19)20)15(10-13)23-2/h1,4-5,10,12H,6-9,11H2,2H3/t12-/m0/s1. The molecule has 0 radical (unpaired) electrons. The van der Waals surface area contributed by atoms with E-state index in [0.29, 0.717) is 13.1 Å². The molecule has 128 valence electrons. The number of nitro benzene ring substituents is 1. The molecule has 0 amide bonds. The fraction of sp³-hybridized carbons (Fsp3) is 0.500. The quantitative estimate of drug-likeness (QED) is 0.471. The van der Waals surface area contributed by atoms with Crippen molar-refractivity contribution in [1.29, 1.82) is 0 Å². The lowest BCUT2D eigenvalue weighted by molar-refractivity contribution is -0.385. The summed E-state index contributed by atoms with van der Waals surface area (Å²) in [5, 5.41) is 10.9. The van der Waals surface area contributed by atoms with Gasteiger partial charge in [-0.1, -0.05) is 0 Å². The maximum atomic E-state index is 12.8. The number of piperidine rings is 1. The largest absolute Gasteiger partial charge is 0.490 e. The minimum absolute atomic E-state index is 0.00481. The van der Waals surface area contributed by atoms with Crippen LogP contribution in [0.2, 0.25) is 0 Å². The molecule has 1 aliphatic carbocycles. The molecule has 0 unspecified atom stereocenters. The molecule has 8 heteroatoms. The molecule has 1 aromatic carbocycles. The van der Waals surface area contributed by atoms with E-state index in [9.17, 15) is 18.5 Å². The molecule has 2 aliphatic rings. The minimum Gasteiger partial charge on any atom is -0.490 e. The summed E-state index contributed by atoms with van der Waals surface area (Å²) in [7, 11) is -2.43. The van der Waals surface area contributed by atoms with Crippen molar-refractivity contribution in [3.8, 4) is 18.1 Å². The van der Waals surface area contributed by atoms with Crippen molar-refractivity contribution < 1.29 is 18.1 Å². The van der Waals surface area contributed by atoms with E-state index in [4.69, 9.17) is 11.2 Å². The molecule has 3 rings (SSSR count). The summed E-state index contributed by atoms with van der Waals surface area (Å²) >= 11 is 0. The summed E-state index contributed by atoms with van der Waals surface area (Å²) in [6.07, 6.45) is 7.96. The summed E-state index contributed by atoms with van der Waals surface area (Å²) in [6.45, 7) is 0.833. The third-order valence-electron chi connectivity index (χ3n) is 5.09. The number of terminal acetylenes is 1. The maximum absolute atomic E-state index is 12.8. The molecule has 1 saturated carbocycles. The van der Waals surface area contributed by atoms with Crippen molar-refractivity contribution >= 4 is 15.7 Å². The van der Waals surface area contributed by atoms with Gasteiger partial charge in [-0.15, -0.1) is 12.3 Å². The van der Waals surface area contributed by atoms with Gasteiger partial charge in [0.1, 0.15) is 0 Å². The number of nitrogens with zero attached hydrogens (tertiary/aromatic N) is 2. The molecule has 1 aliphatic heterocycles. The third-order valence-corrected chi connectivity index (χ3v) is 6.99. The topological polar surface area (TPSA) is 89.8 Å². The number of rotatable bonds is 4. The van der Waals surface area contributed by atoms with E-state index in [2.05, 4.69) is 5.92 Å². The molecule has 1 saturated heterocycles. The molecular formula is C16H18N2O5S. The number of nitro groups is 1. The molecule has 7 nitrogen and oxygen atoms in total. The average Bonchev–Trinajstić information content (AvgIpc) is 3.26. The van der Waals surface area contributed by atoms with Gasteiger partial charge in [0.05, 0.1) is 16.9 Å². The normalized spacial score (nSPS) is 22.8. The lowest BCUT2D eigenvalue weighted by Gasteiger charge is -2.31. The monoisotopic (exact) mass is 350 g/mol. The molecule has 24 heavy (non-hydrogen) atoms. The number of sulfonamides is 1. The third kappa shape index (κ3) is 2.64. The first-order chi connectivity index (χ1) is 11.3. The van der Waals surface area contributed by atoms with Crippen LogP contribution >= 0.6 is 0 Å². The first-order valence-electron chi connectivity index (χ1n) is 7.63. The van der Waals surface area contributed by atoms with Crippen LogP contribution in [0.1, 0.15) is 19.3 Å². The van der Waals surface area contributed by atoms with E-state index in [-0.39, 0.29) is 27.7 Å². The van der Waals surface area contributed by atoms with Crippen molar-refractivity contribution in [2.24, 2.45) is 11.3 Å². The molecule has 1 spiro atoms. The van der Waals surface area contributed by atoms with Gasteiger partial charge in [0.25, 0.3) is 0 Å². The van der Waals surface area contributed by atoms with E-state index in [1.165, 1.54) is 23.5 Å². The highest BCUT2D eigenvalue weighted by molar-refractivity contribution is 7.89. The molecule has 0 bridgehead atoms. The van der Waals surface area contributed by atoms with Gasteiger partial charge in [0.15, 0.2) is 5.75 Å². The minimum atomic E-state index is -3.70. The van der Waals surface area contributed by atoms with Gasteiger partial charge in [-0.25, -0.2) is 8.42 Å². The Balaban J connectivity index is 1.82. The Labute approximate surface area is 140 Å². The first kappa shape index (κ1) is 16.7. The van der Waals surface area contributed by atoms with Crippen molar-refractivity contribution in [2.45, 2.75) is 24.2 Å². The smallest absolute Gasteiger partial charge is 0.310 e. The second-order valence-corrected chi connectivity index (χ2v) is 8.22. The maximum Gasteiger partial charge on any atom is 0.310 e. The average molecular weight is 350 g/mol. The molecule has 1 aromatic rings. The molecular weight excluding hydrogens is 332 g/mol. The SMILES string of the molecule is C#C[C@H]1CC12CCN(S(=O)(=O)c1ccc([N+](=O)[O-])c(OC)c1)CC2. The number of benzene rings is 1. The Morgan fingerprint density at radius 3 is 2.58 bits per heavy atom. The van der Waals surface area contributed by atoms with Gasteiger partial charge >= 0.3 is 5.69 Å². The van der Waals surface area contributed by atoms with Crippen LogP contribution in [-0.2, 0) is 10.0 Å². The van der Waals surface area contributed by atoms with Crippen LogP contribution in [-0.4, -0.2) is 37.8 Å². The Morgan fingerprint density at radius 1 is 1.42 bits per heavy atom. The van der Waals surface area contributed by atoms with E-state index in [0.717, 1.165) is 25.3 Å². The lowest BCUT2D eigenvalue weighted by Crippen LogP contribution is -2.39. The molecule has 1 heterocycles. The van der Waals surface area contributed by atoms with Gasteiger partial charge in [0, 0.05) is 31.1 Å².